The van der Waals surface area contributed by atoms with Crippen molar-refractivity contribution < 1.29 is 57.6 Å². The maximum Gasteiger partial charge on any atom is 0.460 e. The molecule has 0 radical (unpaired) electrons. The molecule has 0 heterocycles. The Morgan fingerprint density at radius 2 is 1.22 bits per heavy atom. The lowest BCUT2D eigenvalue weighted by atomic mass is 10.1. The van der Waals surface area contributed by atoms with Crippen LogP contribution < -0.4 is 0 Å². The molecule has 1 aromatic rings. The number of phenolic OH excluding ortho intramolecular Hbond substituents is 1. The Kier molecular flexibility index (Phi) is 7.55. The lowest BCUT2D eigenvalue weighted by Crippen LogP contribution is -2.63. The summed E-state index contributed by atoms with van der Waals surface area (Å²) in [6, 6.07) is 7.36. The van der Waals surface area contributed by atoms with E-state index in [1.807, 2.05) is 12.1 Å². The van der Waals surface area contributed by atoms with Gasteiger partial charge in [-0.3, -0.25) is 0 Å². The molecule has 27 heavy (non-hydrogen) atoms. The lowest BCUT2D eigenvalue weighted by molar-refractivity contribution is -0.382. The maximum atomic E-state index is 12.2. The Morgan fingerprint density at radius 1 is 0.852 bits per heavy atom. The zero-order valence-electron chi connectivity index (χ0n) is 13.2. The van der Waals surface area contributed by atoms with Crippen LogP contribution in [0.1, 0.15) is 0 Å². The number of halogens is 9. The van der Waals surface area contributed by atoms with Gasteiger partial charge in [-0.05, 0) is 24.3 Å². The smallest absolute Gasteiger partial charge is 0.460 e. The van der Waals surface area contributed by atoms with Gasteiger partial charge in [0.25, 0.3) is 0 Å². The van der Waals surface area contributed by atoms with Crippen molar-refractivity contribution in [2.24, 2.45) is 0 Å². The molecule has 0 aliphatic rings. The highest BCUT2D eigenvalue weighted by Gasteiger charge is 2.83. The van der Waals surface area contributed by atoms with E-state index in [2.05, 4.69) is 12.5 Å². The van der Waals surface area contributed by atoms with Crippen LogP contribution in [0, 0.1) is 0 Å². The van der Waals surface area contributed by atoms with E-state index in [9.17, 15) is 52.5 Å². The average molecular weight is 454 g/mol. The normalized spacial score (nSPS) is 14.0. The number of hydrogen-bond acceptors (Lipinski definition) is 4. The zero-order valence-corrected chi connectivity index (χ0v) is 14.8. The van der Waals surface area contributed by atoms with E-state index in [0.29, 0.717) is 16.6 Å². The van der Waals surface area contributed by atoms with Gasteiger partial charge in [0.2, 0.25) is 0 Å². The first kappa shape index (κ1) is 25.6. The van der Waals surface area contributed by atoms with Crippen LogP contribution in [0.4, 0.5) is 39.5 Å². The third-order valence-electron chi connectivity index (χ3n) is 2.74. The summed E-state index contributed by atoms with van der Waals surface area (Å²) in [5.41, 5.74) is 0. The van der Waals surface area contributed by atoms with Gasteiger partial charge in [-0.15, -0.1) is 0 Å². The molecule has 158 valence electrons. The summed E-state index contributed by atoms with van der Waals surface area (Å²) < 4.78 is 135. The molecule has 0 aliphatic carbocycles. The highest BCUT2D eigenvalue weighted by Crippen LogP contribution is 2.54. The molecule has 0 aliphatic heterocycles. The first-order valence-corrected chi connectivity index (χ1v) is 9.67. The van der Waals surface area contributed by atoms with Gasteiger partial charge in [0.1, 0.15) is 18.3 Å². The molecule has 1 N–H and O–H groups in total. The van der Waals surface area contributed by atoms with Crippen LogP contribution in [0.25, 0.3) is 0 Å². The van der Waals surface area contributed by atoms with Crippen LogP contribution in [-0.4, -0.2) is 53.9 Å². The summed E-state index contributed by atoms with van der Waals surface area (Å²) in [4.78, 5) is 1.29. The third kappa shape index (κ3) is 5.34. The van der Waals surface area contributed by atoms with Gasteiger partial charge in [-0.25, -0.2) is 8.42 Å². The van der Waals surface area contributed by atoms with Gasteiger partial charge in [-0.1, -0.05) is 0 Å². The molecule has 0 atom stereocenters. The van der Waals surface area contributed by atoms with Gasteiger partial charge in [0.15, 0.2) is 15.0 Å². The number of benzene rings is 1. The standard InChI is InChI=1S/C8H10OS.C4HF9O3S/c1-10(2)8-5-3-7(9)4-6-8;5-1(6,3(9,10)11)2(7,8)4(12,13)17(14,15)16/h3-6H,1-2H3;(H,14,15,16). The SMILES string of the molecule is C[S+](C)c1ccc(O)cc1.O=S(=O)([O-])C(F)(F)C(F)(F)C(F)(F)C(F)(F)F. The van der Waals surface area contributed by atoms with Crippen LogP contribution in [0.5, 0.6) is 5.75 Å². The predicted octanol–water partition coefficient (Wildman–Crippen LogP) is 3.59. The summed E-state index contributed by atoms with van der Waals surface area (Å²) in [5.74, 6) is -14.5. The van der Waals surface area contributed by atoms with Crippen LogP contribution >= 0.6 is 0 Å². The highest BCUT2D eigenvalue weighted by atomic mass is 32.2. The van der Waals surface area contributed by atoms with E-state index >= 15 is 0 Å². The highest BCUT2D eigenvalue weighted by molar-refractivity contribution is 7.95. The molecule has 4 nitrogen and oxygen atoms in total. The average Bonchev–Trinajstić information content (AvgIpc) is 2.45. The number of hydrogen-bond donors (Lipinski definition) is 1. The summed E-state index contributed by atoms with van der Waals surface area (Å²) >= 11 is 0. The Bertz CT molecular complexity index is 728. The second-order valence-electron chi connectivity index (χ2n) is 4.93. The van der Waals surface area contributed by atoms with Crippen molar-refractivity contribution in [1.29, 1.82) is 0 Å². The Labute approximate surface area is 150 Å². The van der Waals surface area contributed by atoms with E-state index in [-0.39, 0.29) is 0 Å². The number of rotatable bonds is 4. The summed E-state index contributed by atoms with van der Waals surface area (Å²) in [6.07, 6.45) is -2.84. The largest absolute Gasteiger partial charge is 0.743 e. The molecule has 0 aromatic heterocycles. The number of aromatic hydroxyl groups is 1. The van der Waals surface area contributed by atoms with Crippen molar-refractivity contribution in [1.82, 2.24) is 0 Å². The van der Waals surface area contributed by atoms with Crippen molar-refractivity contribution in [3.63, 3.8) is 0 Å². The van der Waals surface area contributed by atoms with E-state index < -0.39 is 33.4 Å². The van der Waals surface area contributed by atoms with Crippen molar-refractivity contribution in [2.75, 3.05) is 12.5 Å². The van der Waals surface area contributed by atoms with Gasteiger partial charge < -0.3 is 9.66 Å². The molecular weight excluding hydrogens is 443 g/mol. The Hall–Kier alpha value is -1.35. The molecule has 1 aromatic carbocycles. The topological polar surface area (TPSA) is 77.4 Å². The molecule has 0 unspecified atom stereocenters. The molecule has 0 saturated heterocycles. The van der Waals surface area contributed by atoms with E-state index in [4.69, 9.17) is 5.11 Å². The van der Waals surface area contributed by atoms with Gasteiger partial charge in [0, 0.05) is 10.9 Å². The van der Waals surface area contributed by atoms with Crippen LogP contribution in [-0.2, 0) is 21.0 Å². The molecule has 0 saturated carbocycles. The maximum absolute atomic E-state index is 12.2. The summed E-state index contributed by atoms with van der Waals surface area (Å²) in [7, 11) is -7.12. The molecular formula is C12H11F9O4S2. The third-order valence-corrected chi connectivity index (χ3v) is 4.84. The minimum absolute atomic E-state index is 0.302. The second-order valence-corrected chi connectivity index (χ2v) is 8.45. The molecule has 0 bridgehead atoms. The molecule has 15 heteroatoms. The fourth-order valence-electron chi connectivity index (χ4n) is 1.24. The van der Waals surface area contributed by atoms with Crippen molar-refractivity contribution >= 4 is 21.0 Å². The summed E-state index contributed by atoms with van der Waals surface area (Å²) in [6.45, 7) is 0. The van der Waals surface area contributed by atoms with Gasteiger partial charge in [0.05, 0.1) is 0 Å². The Balaban J connectivity index is 0.000000569. The zero-order chi connectivity index (χ0) is 22.1. The first-order chi connectivity index (χ1) is 11.7. The molecule has 0 amide bonds. The van der Waals surface area contributed by atoms with Crippen molar-refractivity contribution in [2.45, 2.75) is 28.2 Å². The van der Waals surface area contributed by atoms with Crippen molar-refractivity contribution in [3.8, 4) is 5.75 Å². The second kappa shape index (κ2) is 7.95. The predicted molar refractivity (Wildman–Crippen MR) is 76.2 cm³/mol. The van der Waals surface area contributed by atoms with Crippen LogP contribution in [0.2, 0.25) is 0 Å². The van der Waals surface area contributed by atoms with Crippen molar-refractivity contribution in [3.05, 3.63) is 24.3 Å². The number of alkyl halides is 9. The molecule has 0 fully saturated rings. The van der Waals surface area contributed by atoms with Crippen LogP contribution in [0.3, 0.4) is 0 Å². The minimum atomic E-state index is -7.43. The van der Waals surface area contributed by atoms with Gasteiger partial charge >= 0.3 is 23.3 Å². The fourth-order valence-corrected chi connectivity index (χ4v) is 2.36. The number of phenols is 1. The van der Waals surface area contributed by atoms with E-state index in [1.165, 1.54) is 4.90 Å². The van der Waals surface area contributed by atoms with Gasteiger partial charge in [-0.2, -0.15) is 39.5 Å². The monoisotopic (exact) mass is 454 g/mol. The molecule has 1 rings (SSSR count). The Morgan fingerprint density at radius 3 is 1.48 bits per heavy atom. The molecule has 0 spiro atoms. The minimum Gasteiger partial charge on any atom is -0.743 e. The lowest BCUT2D eigenvalue weighted by Gasteiger charge is -2.34. The quantitative estimate of drug-likeness (QED) is 0.429. The van der Waals surface area contributed by atoms with Crippen LogP contribution in [0.15, 0.2) is 29.2 Å². The van der Waals surface area contributed by atoms with E-state index in [1.54, 1.807) is 12.1 Å². The van der Waals surface area contributed by atoms with E-state index in [0.717, 1.165) is 0 Å². The first-order valence-electron chi connectivity index (χ1n) is 6.22. The fraction of sp³-hybridized carbons (Fsp3) is 0.500. The summed E-state index contributed by atoms with van der Waals surface area (Å²) in [5, 5.41) is 1.83.